The summed E-state index contributed by atoms with van der Waals surface area (Å²) in [4.78, 5) is 11.0. The van der Waals surface area contributed by atoms with Crippen molar-refractivity contribution in [3.05, 3.63) is 28.3 Å². The van der Waals surface area contributed by atoms with Crippen molar-refractivity contribution < 1.29 is 4.79 Å². The number of nitrogen functional groups attached to an aromatic ring is 1. The zero-order chi connectivity index (χ0) is 10.0. The van der Waals surface area contributed by atoms with E-state index in [4.69, 9.17) is 22.6 Å². The molecule has 0 aliphatic rings. The molecule has 4 heteroatoms. The fraction of sp³-hybridized carbons (Fsp3) is 0.111. The minimum absolute atomic E-state index is 0.147. The Morgan fingerprint density at radius 3 is 2.69 bits per heavy atom. The summed E-state index contributed by atoms with van der Waals surface area (Å²) in [7, 11) is 0. The summed E-state index contributed by atoms with van der Waals surface area (Å²) in [5.74, 6) is -0.196. The third-order valence-corrected chi connectivity index (χ3v) is 2.07. The number of hydrogen-bond acceptors (Lipinski definition) is 3. The third kappa shape index (κ3) is 1.63. The topological polar surface area (TPSA) is 66.9 Å². The second kappa shape index (κ2) is 3.46. The average Bonchev–Trinajstić information content (AvgIpc) is 2.09. The van der Waals surface area contributed by atoms with Crippen molar-refractivity contribution >= 4 is 23.1 Å². The van der Waals surface area contributed by atoms with Crippen LogP contribution in [0, 0.1) is 11.3 Å². The quantitative estimate of drug-likeness (QED) is 0.549. The van der Waals surface area contributed by atoms with Crippen LogP contribution in [-0.4, -0.2) is 5.78 Å². The normalized spacial score (nSPS) is 9.31. The van der Waals surface area contributed by atoms with Gasteiger partial charge in [0.15, 0.2) is 5.78 Å². The van der Waals surface area contributed by atoms with Crippen LogP contribution in [0.4, 0.5) is 5.69 Å². The fourth-order valence-corrected chi connectivity index (χ4v) is 1.20. The molecule has 0 aromatic heterocycles. The van der Waals surface area contributed by atoms with Crippen LogP contribution in [0.1, 0.15) is 22.8 Å². The highest BCUT2D eigenvalue weighted by molar-refractivity contribution is 6.34. The van der Waals surface area contributed by atoms with E-state index >= 15 is 0 Å². The summed E-state index contributed by atoms with van der Waals surface area (Å²) in [6, 6.07) is 4.87. The van der Waals surface area contributed by atoms with Crippen molar-refractivity contribution in [3.63, 3.8) is 0 Å². The Kier molecular flexibility index (Phi) is 2.54. The van der Waals surface area contributed by atoms with Gasteiger partial charge in [0, 0.05) is 5.56 Å². The highest BCUT2D eigenvalue weighted by Crippen LogP contribution is 2.26. The van der Waals surface area contributed by atoms with E-state index < -0.39 is 0 Å². The largest absolute Gasteiger partial charge is 0.397 e. The number of anilines is 1. The van der Waals surface area contributed by atoms with Crippen molar-refractivity contribution in [2.75, 3.05) is 5.73 Å². The average molecular weight is 195 g/mol. The number of Topliss-reactive ketones (excluding diaryl/α,β-unsaturated/α-hetero) is 1. The van der Waals surface area contributed by atoms with Gasteiger partial charge in [-0.1, -0.05) is 11.6 Å². The van der Waals surface area contributed by atoms with Crippen LogP contribution in [-0.2, 0) is 0 Å². The Morgan fingerprint density at radius 2 is 2.23 bits per heavy atom. The van der Waals surface area contributed by atoms with E-state index in [1.807, 2.05) is 6.07 Å². The summed E-state index contributed by atoms with van der Waals surface area (Å²) in [5, 5.41) is 8.88. The van der Waals surface area contributed by atoms with Gasteiger partial charge in [0.2, 0.25) is 0 Å². The lowest BCUT2D eigenvalue weighted by Crippen LogP contribution is -1.99. The van der Waals surface area contributed by atoms with Crippen LogP contribution < -0.4 is 5.73 Å². The Bertz CT molecular complexity index is 407. The van der Waals surface area contributed by atoms with Crippen molar-refractivity contribution in [2.24, 2.45) is 0 Å². The Hall–Kier alpha value is -1.53. The minimum atomic E-state index is -0.196. The summed E-state index contributed by atoms with van der Waals surface area (Å²) >= 11 is 5.74. The molecule has 0 saturated heterocycles. The first-order chi connectivity index (χ1) is 6.07. The van der Waals surface area contributed by atoms with E-state index in [1.165, 1.54) is 19.1 Å². The number of carbonyl (C=O) groups excluding carboxylic acids is 1. The first kappa shape index (κ1) is 9.56. The molecule has 66 valence electrons. The maximum atomic E-state index is 11.0. The molecule has 0 atom stereocenters. The van der Waals surface area contributed by atoms with Crippen LogP contribution in [0.15, 0.2) is 12.1 Å². The molecular formula is C9H7ClN2O. The maximum Gasteiger partial charge on any atom is 0.161 e. The molecule has 0 unspecified atom stereocenters. The molecule has 0 aliphatic carbocycles. The van der Waals surface area contributed by atoms with Crippen LogP contribution >= 0.6 is 11.6 Å². The van der Waals surface area contributed by atoms with Gasteiger partial charge in [-0.15, -0.1) is 0 Å². The number of rotatable bonds is 1. The van der Waals surface area contributed by atoms with Gasteiger partial charge in [-0.25, -0.2) is 0 Å². The second-order valence-electron chi connectivity index (χ2n) is 2.56. The zero-order valence-electron chi connectivity index (χ0n) is 6.97. The molecule has 0 radical (unpaired) electrons. The number of nitrogens with zero attached hydrogens (tertiary/aromatic N) is 1. The molecule has 0 spiro atoms. The number of halogens is 1. The van der Waals surface area contributed by atoms with Gasteiger partial charge in [-0.3, -0.25) is 4.79 Å². The summed E-state index contributed by atoms with van der Waals surface area (Å²) in [5.41, 5.74) is 6.23. The maximum absolute atomic E-state index is 11.0. The predicted octanol–water partition coefficient (Wildman–Crippen LogP) is 2.00. The molecule has 0 fully saturated rings. The third-order valence-electron chi connectivity index (χ3n) is 1.66. The molecule has 0 aliphatic heterocycles. The van der Waals surface area contributed by atoms with Crippen LogP contribution in [0.25, 0.3) is 0 Å². The molecule has 0 bridgehead atoms. The highest BCUT2D eigenvalue weighted by atomic mass is 35.5. The molecule has 3 nitrogen and oxygen atoms in total. The van der Waals surface area contributed by atoms with Crippen molar-refractivity contribution in [1.82, 2.24) is 0 Å². The van der Waals surface area contributed by atoms with Gasteiger partial charge >= 0.3 is 0 Å². The predicted molar refractivity (Wildman–Crippen MR) is 50.6 cm³/mol. The number of ketones is 1. The van der Waals surface area contributed by atoms with Crippen molar-refractivity contribution in [3.8, 4) is 6.07 Å². The van der Waals surface area contributed by atoms with E-state index in [9.17, 15) is 4.79 Å². The van der Waals surface area contributed by atoms with E-state index in [1.54, 1.807) is 0 Å². The number of benzene rings is 1. The van der Waals surface area contributed by atoms with Crippen LogP contribution in [0.5, 0.6) is 0 Å². The van der Waals surface area contributed by atoms with Crippen LogP contribution in [0.2, 0.25) is 5.02 Å². The van der Waals surface area contributed by atoms with Gasteiger partial charge in [0.05, 0.1) is 16.3 Å². The smallest absolute Gasteiger partial charge is 0.161 e. The molecule has 1 aromatic carbocycles. The summed E-state index contributed by atoms with van der Waals surface area (Å²) in [6.45, 7) is 1.38. The summed E-state index contributed by atoms with van der Waals surface area (Å²) < 4.78 is 0. The second-order valence-corrected chi connectivity index (χ2v) is 2.94. The monoisotopic (exact) mass is 194 g/mol. The van der Waals surface area contributed by atoms with Gasteiger partial charge in [-0.2, -0.15) is 5.26 Å². The fourth-order valence-electron chi connectivity index (χ4n) is 0.995. The van der Waals surface area contributed by atoms with Gasteiger partial charge < -0.3 is 5.73 Å². The molecule has 1 aromatic rings. The van der Waals surface area contributed by atoms with Gasteiger partial charge in [0.25, 0.3) is 0 Å². The molecule has 0 amide bonds. The van der Waals surface area contributed by atoms with E-state index in [2.05, 4.69) is 0 Å². The lowest BCUT2D eigenvalue weighted by molar-refractivity contribution is 0.101. The summed E-state index contributed by atoms with van der Waals surface area (Å²) in [6.07, 6.45) is 0. The first-order valence-electron chi connectivity index (χ1n) is 3.57. The van der Waals surface area contributed by atoms with Crippen LogP contribution in [0.3, 0.4) is 0 Å². The minimum Gasteiger partial charge on any atom is -0.397 e. The number of hydrogen-bond donors (Lipinski definition) is 1. The number of nitrogens with two attached hydrogens (primary N) is 1. The zero-order valence-corrected chi connectivity index (χ0v) is 7.72. The molecule has 0 saturated carbocycles. The standard InChI is InChI=1S/C9H7ClN2O/c1-5(13)6-2-3-8(12)9(10)7(6)4-11/h2-3H,12H2,1H3. The molecule has 2 N–H and O–H groups in total. The first-order valence-corrected chi connectivity index (χ1v) is 3.94. The van der Waals surface area contributed by atoms with E-state index in [-0.39, 0.29) is 16.4 Å². The van der Waals surface area contributed by atoms with E-state index in [0.29, 0.717) is 11.3 Å². The molecule has 0 heterocycles. The SMILES string of the molecule is CC(=O)c1ccc(N)c(Cl)c1C#N. The van der Waals surface area contributed by atoms with Crippen molar-refractivity contribution in [1.29, 1.82) is 5.26 Å². The van der Waals surface area contributed by atoms with Crippen molar-refractivity contribution in [2.45, 2.75) is 6.92 Å². The highest BCUT2D eigenvalue weighted by Gasteiger charge is 2.12. The lowest BCUT2D eigenvalue weighted by Gasteiger charge is -2.03. The Labute approximate surface area is 80.7 Å². The number of carbonyl (C=O) groups is 1. The molecule has 1 rings (SSSR count). The number of nitriles is 1. The Balaban J connectivity index is 3.50. The van der Waals surface area contributed by atoms with E-state index in [0.717, 1.165) is 0 Å². The molecular weight excluding hydrogens is 188 g/mol. The Morgan fingerprint density at radius 1 is 1.62 bits per heavy atom. The van der Waals surface area contributed by atoms with Gasteiger partial charge in [-0.05, 0) is 19.1 Å². The van der Waals surface area contributed by atoms with Gasteiger partial charge in [0.1, 0.15) is 6.07 Å². The lowest BCUT2D eigenvalue weighted by atomic mass is 10.0. The molecule has 13 heavy (non-hydrogen) atoms.